The summed E-state index contributed by atoms with van der Waals surface area (Å²) in [5.74, 6) is 0. The first-order valence-corrected chi connectivity index (χ1v) is 6.16. The Balaban J connectivity index is 2.23. The zero-order valence-electron chi connectivity index (χ0n) is 9.76. The maximum Gasteiger partial charge on any atom is 0.154 e. The van der Waals surface area contributed by atoms with Crippen LogP contribution in [0.3, 0.4) is 0 Å². The molecule has 0 bridgehead atoms. The van der Waals surface area contributed by atoms with Crippen molar-refractivity contribution in [3.8, 4) is 0 Å². The Bertz CT molecular complexity index is 505. The summed E-state index contributed by atoms with van der Waals surface area (Å²) in [6, 6.07) is 8.03. The summed E-state index contributed by atoms with van der Waals surface area (Å²) in [6.45, 7) is 2.04. The first-order valence-electron chi connectivity index (χ1n) is 5.37. The molecule has 1 heterocycles. The first kappa shape index (κ1) is 12.3. The van der Waals surface area contributed by atoms with Crippen LogP contribution in [0.2, 0.25) is 0 Å². The molecule has 4 nitrogen and oxygen atoms in total. The highest BCUT2D eigenvalue weighted by atomic mass is 79.9. The van der Waals surface area contributed by atoms with Crippen LogP contribution in [0.4, 0.5) is 0 Å². The zero-order valence-corrected chi connectivity index (χ0v) is 11.3. The number of hydrogen-bond acceptors (Lipinski definition) is 3. The van der Waals surface area contributed by atoms with E-state index >= 15 is 0 Å². The lowest BCUT2D eigenvalue weighted by atomic mass is 10.0. The molecule has 1 N–H and O–H groups in total. The van der Waals surface area contributed by atoms with Gasteiger partial charge in [0.2, 0.25) is 0 Å². The second-order valence-corrected chi connectivity index (χ2v) is 4.79. The molecular formula is C12H14BrN3O. The van der Waals surface area contributed by atoms with Gasteiger partial charge in [-0.25, -0.2) is 4.68 Å². The summed E-state index contributed by atoms with van der Waals surface area (Å²) in [7, 11) is 1.77. The normalized spacial score (nSPS) is 12.7. The van der Waals surface area contributed by atoms with Crippen LogP contribution in [-0.4, -0.2) is 20.1 Å². The van der Waals surface area contributed by atoms with Crippen LogP contribution in [0, 0.1) is 6.92 Å². The van der Waals surface area contributed by atoms with Gasteiger partial charge in [0.1, 0.15) is 11.8 Å². The first-order chi connectivity index (χ1) is 8.09. The Morgan fingerprint density at radius 1 is 1.41 bits per heavy atom. The van der Waals surface area contributed by atoms with Crippen LogP contribution in [-0.2, 0) is 13.5 Å². The average molecular weight is 296 g/mol. The summed E-state index contributed by atoms with van der Waals surface area (Å²) < 4.78 is 2.19. The van der Waals surface area contributed by atoms with Gasteiger partial charge in [0.25, 0.3) is 0 Å². The fraction of sp³-hybridized carbons (Fsp3) is 0.333. The Morgan fingerprint density at radius 3 is 2.71 bits per heavy atom. The van der Waals surface area contributed by atoms with Crippen LogP contribution in [0.15, 0.2) is 28.9 Å². The molecule has 2 rings (SSSR count). The second kappa shape index (κ2) is 4.98. The molecule has 1 unspecified atom stereocenters. The highest BCUT2D eigenvalue weighted by Gasteiger charge is 2.18. The van der Waals surface area contributed by atoms with Gasteiger partial charge in [0.05, 0.1) is 0 Å². The number of aliphatic hydroxyl groups is 1. The van der Waals surface area contributed by atoms with E-state index in [1.54, 1.807) is 11.7 Å². The highest BCUT2D eigenvalue weighted by molar-refractivity contribution is 9.10. The second-order valence-electron chi connectivity index (χ2n) is 4.04. The highest BCUT2D eigenvalue weighted by Crippen LogP contribution is 2.24. The minimum absolute atomic E-state index is 0.562. The van der Waals surface area contributed by atoms with Gasteiger partial charge in [-0.15, -0.1) is 5.10 Å². The lowest BCUT2D eigenvalue weighted by molar-refractivity contribution is 0.167. The van der Waals surface area contributed by atoms with Crippen molar-refractivity contribution in [2.75, 3.05) is 0 Å². The van der Waals surface area contributed by atoms with Crippen molar-refractivity contribution in [1.82, 2.24) is 15.0 Å². The smallest absolute Gasteiger partial charge is 0.154 e. The number of rotatable bonds is 3. The predicted octanol–water partition coefficient (Wildman–Crippen LogP) is 2.16. The van der Waals surface area contributed by atoms with Gasteiger partial charge in [-0.2, -0.15) is 0 Å². The van der Waals surface area contributed by atoms with Crippen LogP contribution < -0.4 is 0 Å². The lowest BCUT2D eigenvalue weighted by Gasteiger charge is -2.12. The van der Waals surface area contributed by atoms with Gasteiger partial charge >= 0.3 is 0 Å². The summed E-state index contributed by atoms with van der Waals surface area (Å²) in [5, 5.41) is 18.0. The molecule has 90 valence electrons. The molecule has 0 saturated heterocycles. The maximum absolute atomic E-state index is 10.2. The maximum atomic E-state index is 10.2. The third-order valence-electron chi connectivity index (χ3n) is 2.82. The van der Waals surface area contributed by atoms with Crippen molar-refractivity contribution in [2.24, 2.45) is 7.05 Å². The summed E-state index contributed by atoms with van der Waals surface area (Å²) in [5.41, 5.74) is 3.01. The molecule has 1 aromatic carbocycles. The number of benzene rings is 1. The number of hydrogen-bond donors (Lipinski definition) is 1. The molecule has 0 saturated carbocycles. The topological polar surface area (TPSA) is 50.9 Å². The molecule has 0 aliphatic carbocycles. The zero-order chi connectivity index (χ0) is 12.4. The third-order valence-corrected chi connectivity index (χ3v) is 3.38. The van der Waals surface area contributed by atoms with Crippen molar-refractivity contribution in [2.45, 2.75) is 19.4 Å². The van der Waals surface area contributed by atoms with E-state index in [2.05, 4.69) is 26.2 Å². The van der Waals surface area contributed by atoms with Crippen molar-refractivity contribution in [3.63, 3.8) is 0 Å². The van der Waals surface area contributed by atoms with E-state index in [1.165, 1.54) is 5.56 Å². The van der Waals surface area contributed by atoms with Crippen LogP contribution >= 0.6 is 15.9 Å². The van der Waals surface area contributed by atoms with Gasteiger partial charge in [-0.05, 0) is 34.0 Å². The van der Waals surface area contributed by atoms with Crippen molar-refractivity contribution in [1.29, 1.82) is 0 Å². The van der Waals surface area contributed by atoms with Gasteiger partial charge < -0.3 is 5.11 Å². The Hall–Kier alpha value is -1.20. The van der Waals surface area contributed by atoms with Crippen molar-refractivity contribution in [3.05, 3.63) is 45.7 Å². The van der Waals surface area contributed by atoms with Gasteiger partial charge in [-0.1, -0.05) is 29.5 Å². The molecule has 0 spiro atoms. The van der Waals surface area contributed by atoms with E-state index in [1.807, 2.05) is 31.2 Å². The fourth-order valence-electron chi connectivity index (χ4n) is 1.84. The monoisotopic (exact) mass is 295 g/mol. The minimum atomic E-state index is -0.606. The van der Waals surface area contributed by atoms with Crippen LogP contribution in [0.5, 0.6) is 0 Å². The molecule has 0 radical (unpaired) electrons. The standard InChI is InChI=1S/C12H14BrN3O/c1-8-5-3-4-6-9(8)7-10(17)11-12(13)14-15-16(11)2/h3-6,10,17H,7H2,1-2H3. The number of aryl methyl sites for hydroxylation is 2. The number of nitrogens with zero attached hydrogens (tertiary/aromatic N) is 3. The quantitative estimate of drug-likeness (QED) is 0.944. The van der Waals surface area contributed by atoms with E-state index in [4.69, 9.17) is 0 Å². The van der Waals surface area contributed by atoms with Gasteiger partial charge in [-0.3, -0.25) is 0 Å². The Morgan fingerprint density at radius 2 is 2.12 bits per heavy atom. The Labute approximate surface area is 108 Å². The molecule has 0 aliphatic rings. The number of halogens is 1. The summed E-state index contributed by atoms with van der Waals surface area (Å²) in [6.07, 6.45) is -0.0441. The van der Waals surface area contributed by atoms with Crippen LogP contribution in [0.25, 0.3) is 0 Å². The molecule has 1 atom stereocenters. The van der Waals surface area contributed by atoms with Gasteiger partial charge in [0.15, 0.2) is 4.60 Å². The molecule has 0 aliphatic heterocycles. The number of aliphatic hydroxyl groups excluding tert-OH is 1. The lowest BCUT2D eigenvalue weighted by Crippen LogP contribution is -2.09. The van der Waals surface area contributed by atoms with E-state index in [0.717, 1.165) is 5.56 Å². The minimum Gasteiger partial charge on any atom is -0.386 e. The van der Waals surface area contributed by atoms with Crippen molar-refractivity contribution < 1.29 is 5.11 Å². The molecular weight excluding hydrogens is 282 g/mol. The molecule has 1 aromatic heterocycles. The van der Waals surface area contributed by atoms with E-state index in [0.29, 0.717) is 16.7 Å². The molecule has 0 amide bonds. The van der Waals surface area contributed by atoms with E-state index < -0.39 is 6.10 Å². The largest absolute Gasteiger partial charge is 0.386 e. The number of aromatic nitrogens is 3. The van der Waals surface area contributed by atoms with E-state index in [-0.39, 0.29) is 0 Å². The molecule has 17 heavy (non-hydrogen) atoms. The molecule has 2 aromatic rings. The van der Waals surface area contributed by atoms with Crippen LogP contribution in [0.1, 0.15) is 22.9 Å². The summed E-state index contributed by atoms with van der Waals surface area (Å²) >= 11 is 3.30. The Kier molecular flexibility index (Phi) is 3.59. The average Bonchev–Trinajstić information content (AvgIpc) is 2.62. The third kappa shape index (κ3) is 2.56. The van der Waals surface area contributed by atoms with Crippen molar-refractivity contribution >= 4 is 15.9 Å². The van der Waals surface area contributed by atoms with Gasteiger partial charge in [0, 0.05) is 13.5 Å². The molecule has 5 heteroatoms. The predicted molar refractivity (Wildman–Crippen MR) is 68.5 cm³/mol. The van der Waals surface area contributed by atoms with E-state index in [9.17, 15) is 5.11 Å². The summed E-state index contributed by atoms with van der Waals surface area (Å²) in [4.78, 5) is 0. The molecule has 0 fully saturated rings. The SMILES string of the molecule is Cc1ccccc1CC(O)c1c(Br)nnn1C. The fourth-order valence-corrected chi connectivity index (χ4v) is 2.43.